The van der Waals surface area contributed by atoms with Crippen molar-refractivity contribution in [3.8, 4) is 10.4 Å². The molecule has 0 fully saturated rings. The Hall–Kier alpha value is -1.63. The zero-order valence-corrected chi connectivity index (χ0v) is 14.3. The smallest absolute Gasteiger partial charge is 0.315 e. The summed E-state index contributed by atoms with van der Waals surface area (Å²) >= 11 is 5.15. The Bertz CT molecular complexity index is 702. The van der Waals surface area contributed by atoms with E-state index >= 15 is 0 Å². The molecule has 0 spiro atoms. The van der Waals surface area contributed by atoms with Crippen molar-refractivity contribution >= 4 is 40.0 Å². The quantitative estimate of drug-likeness (QED) is 0.672. The van der Waals surface area contributed by atoms with Crippen molar-refractivity contribution in [1.82, 2.24) is 10.6 Å². The Morgan fingerprint density at radius 3 is 2.77 bits per heavy atom. The molecule has 0 unspecified atom stereocenters. The predicted molar refractivity (Wildman–Crippen MR) is 95.9 cm³/mol. The lowest BCUT2D eigenvalue weighted by molar-refractivity contribution is 0.241. The zero-order chi connectivity index (χ0) is 15.2. The van der Waals surface area contributed by atoms with Crippen LogP contribution in [0.15, 0.2) is 46.5 Å². The summed E-state index contributed by atoms with van der Waals surface area (Å²) in [7, 11) is 0. The third-order valence-corrected chi connectivity index (χ3v) is 5.88. The molecule has 3 heterocycles. The number of carbonyl (C=O) groups is 1. The van der Waals surface area contributed by atoms with Gasteiger partial charge in [-0.05, 0) is 46.8 Å². The molecule has 0 atom stereocenters. The second-order valence-electron chi connectivity index (χ2n) is 4.72. The first-order valence-electron chi connectivity index (χ1n) is 6.96. The number of carbonyl (C=O) groups excluding carboxylic acids is 1. The molecule has 3 rings (SSSR count). The maximum absolute atomic E-state index is 11.7. The molecular formula is C16H16N2OS3. The van der Waals surface area contributed by atoms with Crippen LogP contribution in [0.4, 0.5) is 4.79 Å². The molecule has 3 nitrogen and oxygen atoms in total. The number of amides is 2. The fourth-order valence-corrected chi connectivity index (χ4v) is 4.39. The van der Waals surface area contributed by atoms with Crippen LogP contribution in [-0.4, -0.2) is 12.6 Å². The van der Waals surface area contributed by atoms with Crippen LogP contribution in [0.25, 0.3) is 10.4 Å². The van der Waals surface area contributed by atoms with E-state index in [-0.39, 0.29) is 6.03 Å². The third-order valence-electron chi connectivity index (χ3n) is 3.13. The van der Waals surface area contributed by atoms with E-state index in [0.29, 0.717) is 13.1 Å². The third kappa shape index (κ3) is 4.19. The van der Waals surface area contributed by atoms with Gasteiger partial charge in [-0.2, -0.15) is 11.3 Å². The molecule has 3 aromatic rings. The van der Waals surface area contributed by atoms with Gasteiger partial charge in [0.25, 0.3) is 0 Å². The highest BCUT2D eigenvalue weighted by atomic mass is 32.1. The molecule has 22 heavy (non-hydrogen) atoms. The number of hydrogen-bond donors (Lipinski definition) is 2. The van der Waals surface area contributed by atoms with Crippen molar-refractivity contribution in [3.63, 3.8) is 0 Å². The predicted octanol–water partition coefficient (Wildman–Crippen LogP) is 4.58. The van der Waals surface area contributed by atoms with Crippen LogP contribution in [0.5, 0.6) is 0 Å². The largest absolute Gasteiger partial charge is 0.338 e. The van der Waals surface area contributed by atoms with Crippen LogP contribution >= 0.6 is 34.0 Å². The van der Waals surface area contributed by atoms with Crippen molar-refractivity contribution in [2.24, 2.45) is 0 Å². The number of nitrogens with one attached hydrogen (secondary N) is 2. The second-order valence-corrected chi connectivity index (χ2v) is 7.70. The van der Waals surface area contributed by atoms with E-state index in [1.807, 2.05) is 17.5 Å². The molecule has 2 amide bonds. The van der Waals surface area contributed by atoms with Crippen LogP contribution in [-0.2, 0) is 13.0 Å². The van der Waals surface area contributed by atoms with Gasteiger partial charge in [0.05, 0.1) is 6.54 Å². The maximum atomic E-state index is 11.7. The molecule has 0 aliphatic heterocycles. The van der Waals surface area contributed by atoms with Crippen LogP contribution in [0.2, 0.25) is 0 Å². The van der Waals surface area contributed by atoms with Gasteiger partial charge < -0.3 is 10.6 Å². The first-order valence-corrected chi connectivity index (χ1v) is 9.60. The van der Waals surface area contributed by atoms with Crippen molar-refractivity contribution < 1.29 is 4.79 Å². The van der Waals surface area contributed by atoms with E-state index in [2.05, 4.69) is 39.6 Å². The van der Waals surface area contributed by atoms with Crippen LogP contribution < -0.4 is 10.6 Å². The number of rotatable bonds is 6. The molecule has 6 heteroatoms. The van der Waals surface area contributed by atoms with Crippen LogP contribution in [0.1, 0.15) is 9.75 Å². The SMILES string of the molecule is O=C(NCCc1ccc(-c2ccsc2)s1)NCc1cccs1. The number of thiophene rings is 3. The van der Waals surface area contributed by atoms with Gasteiger partial charge in [0.15, 0.2) is 0 Å². The topological polar surface area (TPSA) is 41.1 Å². The molecule has 0 aliphatic carbocycles. The van der Waals surface area contributed by atoms with Gasteiger partial charge in [-0.1, -0.05) is 6.07 Å². The van der Waals surface area contributed by atoms with Gasteiger partial charge in [-0.25, -0.2) is 4.79 Å². The Labute approximate surface area is 141 Å². The molecule has 2 N–H and O–H groups in total. The van der Waals surface area contributed by atoms with E-state index in [1.165, 1.54) is 15.3 Å². The first kappa shape index (κ1) is 15.3. The van der Waals surface area contributed by atoms with Crippen molar-refractivity contribution in [3.05, 3.63) is 56.2 Å². The van der Waals surface area contributed by atoms with E-state index in [9.17, 15) is 4.79 Å². The summed E-state index contributed by atoms with van der Waals surface area (Å²) in [6.45, 7) is 1.24. The summed E-state index contributed by atoms with van der Waals surface area (Å²) in [6, 6.07) is 10.3. The fourth-order valence-electron chi connectivity index (χ4n) is 2.01. The van der Waals surface area contributed by atoms with Crippen LogP contribution in [0, 0.1) is 0 Å². The highest BCUT2D eigenvalue weighted by molar-refractivity contribution is 7.16. The van der Waals surface area contributed by atoms with E-state index in [1.54, 1.807) is 34.0 Å². The summed E-state index contributed by atoms with van der Waals surface area (Å²) in [5, 5.41) is 12.0. The van der Waals surface area contributed by atoms with Gasteiger partial charge in [0.1, 0.15) is 0 Å². The Morgan fingerprint density at radius 1 is 1.05 bits per heavy atom. The molecule has 0 bridgehead atoms. The summed E-state index contributed by atoms with van der Waals surface area (Å²) in [4.78, 5) is 15.5. The monoisotopic (exact) mass is 348 g/mol. The van der Waals surface area contributed by atoms with E-state index in [4.69, 9.17) is 0 Å². The minimum absolute atomic E-state index is 0.108. The minimum atomic E-state index is -0.108. The molecule has 114 valence electrons. The van der Waals surface area contributed by atoms with Crippen molar-refractivity contribution in [2.45, 2.75) is 13.0 Å². The Kier molecular flexibility index (Phi) is 5.26. The highest BCUT2D eigenvalue weighted by Crippen LogP contribution is 2.29. The molecule has 0 saturated carbocycles. The lowest BCUT2D eigenvalue weighted by Gasteiger charge is -2.05. The van der Waals surface area contributed by atoms with E-state index in [0.717, 1.165) is 11.3 Å². The van der Waals surface area contributed by atoms with Crippen LogP contribution in [0.3, 0.4) is 0 Å². The maximum Gasteiger partial charge on any atom is 0.315 e. The van der Waals surface area contributed by atoms with Gasteiger partial charge in [-0.3, -0.25) is 0 Å². The lowest BCUT2D eigenvalue weighted by Crippen LogP contribution is -2.35. The highest BCUT2D eigenvalue weighted by Gasteiger charge is 2.05. The van der Waals surface area contributed by atoms with Gasteiger partial charge in [0, 0.05) is 26.7 Å². The molecule has 3 aromatic heterocycles. The standard InChI is InChI=1S/C16H16N2OS3/c19-16(18-10-14-2-1-8-21-14)17-7-5-13-3-4-15(22-13)12-6-9-20-11-12/h1-4,6,8-9,11H,5,7,10H2,(H2,17,18,19). The normalized spacial score (nSPS) is 10.5. The van der Waals surface area contributed by atoms with Gasteiger partial charge >= 0.3 is 6.03 Å². The molecule has 0 saturated heterocycles. The number of hydrogen-bond acceptors (Lipinski definition) is 4. The average Bonchev–Trinajstić information content (AvgIpc) is 3.26. The summed E-state index contributed by atoms with van der Waals surface area (Å²) in [6.07, 6.45) is 0.862. The summed E-state index contributed by atoms with van der Waals surface area (Å²) in [5.74, 6) is 0. The zero-order valence-electron chi connectivity index (χ0n) is 11.9. The second kappa shape index (κ2) is 7.58. The summed E-state index contributed by atoms with van der Waals surface area (Å²) < 4.78 is 0. The minimum Gasteiger partial charge on any atom is -0.338 e. The molecule has 0 radical (unpaired) electrons. The summed E-state index contributed by atoms with van der Waals surface area (Å²) in [5.41, 5.74) is 1.28. The van der Waals surface area contributed by atoms with E-state index < -0.39 is 0 Å². The molecular weight excluding hydrogens is 332 g/mol. The number of urea groups is 1. The van der Waals surface area contributed by atoms with Crippen molar-refractivity contribution in [2.75, 3.05) is 6.54 Å². The first-order chi connectivity index (χ1) is 10.8. The van der Waals surface area contributed by atoms with Gasteiger partial charge in [-0.15, -0.1) is 22.7 Å². The molecule has 0 aliphatic rings. The fraction of sp³-hybridized carbons (Fsp3) is 0.188. The lowest BCUT2D eigenvalue weighted by atomic mass is 10.3. The Balaban J connectivity index is 1.40. The Morgan fingerprint density at radius 2 is 2.00 bits per heavy atom. The average molecular weight is 349 g/mol. The molecule has 0 aromatic carbocycles. The van der Waals surface area contributed by atoms with Crippen molar-refractivity contribution in [1.29, 1.82) is 0 Å². The van der Waals surface area contributed by atoms with Gasteiger partial charge in [0.2, 0.25) is 0 Å².